The van der Waals surface area contributed by atoms with Gasteiger partial charge in [0.05, 0.1) is 12.3 Å². The van der Waals surface area contributed by atoms with Crippen LogP contribution in [0.5, 0.6) is 5.75 Å². The molecule has 170 valence electrons. The van der Waals surface area contributed by atoms with Crippen molar-refractivity contribution < 1.29 is 13.2 Å². The maximum Gasteiger partial charge on any atom is 0.213 e. The summed E-state index contributed by atoms with van der Waals surface area (Å²) in [4.78, 5) is 4.62. The number of ether oxygens (including phenoxy) is 1. The Morgan fingerprint density at radius 2 is 1.93 bits per heavy atom. The molecule has 7 nitrogen and oxygen atoms in total. The molecule has 0 unspecified atom stereocenters. The van der Waals surface area contributed by atoms with Crippen molar-refractivity contribution in [2.75, 3.05) is 38.5 Å². The van der Waals surface area contributed by atoms with Gasteiger partial charge in [0, 0.05) is 25.7 Å². The van der Waals surface area contributed by atoms with Crippen molar-refractivity contribution in [3.63, 3.8) is 0 Å². The van der Waals surface area contributed by atoms with E-state index in [9.17, 15) is 8.42 Å². The van der Waals surface area contributed by atoms with E-state index >= 15 is 0 Å². The van der Waals surface area contributed by atoms with Gasteiger partial charge in [-0.3, -0.25) is 0 Å². The van der Waals surface area contributed by atoms with Crippen LogP contribution in [0.4, 0.5) is 0 Å². The molecular weight excluding hydrogens is 400 g/mol. The third-order valence-electron chi connectivity index (χ3n) is 5.23. The van der Waals surface area contributed by atoms with E-state index in [0.717, 1.165) is 31.1 Å². The van der Waals surface area contributed by atoms with E-state index in [4.69, 9.17) is 4.74 Å². The number of aliphatic imine (C=N–C) groups is 1. The summed E-state index contributed by atoms with van der Waals surface area (Å²) >= 11 is 0. The second-order valence-electron chi connectivity index (χ2n) is 8.61. The van der Waals surface area contributed by atoms with Crippen LogP contribution in [-0.4, -0.2) is 63.3 Å². The summed E-state index contributed by atoms with van der Waals surface area (Å²) in [5.41, 5.74) is 1.33. The fourth-order valence-corrected chi connectivity index (χ4v) is 4.48. The van der Waals surface area contributed by atoms with Crippen molar-refractivity contribution in [1.29, 1.82) is 0 Å². The van der Waals surface area contributed by atoms with Gasteiger partial charge in [0.1, 0.15) is 12.4 Å². The van der Waals surface area contributed by atoms with Crippen LogP contribution in [0.15, 0.2) is 29.3 Å². The Labute approximate surface area is 182 Å². The number of nitrogens with zero attached hydrogens (tertiary/aromatic N) is 2. The molecule has 1 heterocycles. The Morgan fingerprint density at radius 1 is 1.23 bits per heavy atom. The zero-order valence-electron chi connectivity index (χ0n) is 19.1. The minimum Gasteiger partial charge on any atom is -0.492 e. The molecule has 0 bridgehead atoms. The van der Waals surface area contributed by atoms with Crippen LogP contribution >= 0.6 is 0 Å². The number of rotatable bonds is 8. The van der Waals surface area contributed by atoms with E-state index in [0.29, 0.717) is 26.2 Å². The molecule has 0 saturated carbocycles. The molecule has 1 aliphatic heterocycles. The van der Waals surface area contributed by atoms with Gasteiger partial charge in [-0.15, -0.1) is 0 Å². The molecule has 0 aromatic heterocycles. The second-order valence-corrected chi connectivity index (χ2v) is 10.9. The first-order valence-electron chi connectivity index (χ1n) is 10.9. The minimum absolute atomic E-state index is 0.0890. The first-order valence-corrected chi connectivity index (χ1v) is 12.5. The third kappa shape index (κ3) is 7.47. The molecule has 1 aliphatic rings. The Morgan fingerprint density at radius 3 is 2.53 bits per heavy atom. The van der Waals surface area contributed by atoms with Crippen molar-refractivity contribution in [3.05, 3.63) is 29.8 Å². The highest BCUT2D eigenvalue weighted by atomic mass is 32.2. The van der Waals surface area contributed by atoms with Crippen molar-refractivity contribution in [2.24, 2.45) is 4.99 Å². The second kappa shape index (κ2) is 11.0. The molecular formula is C22H38N4O3S. The van der Waals surface area contributed by atoms with E-state index in [1.54, 1.807) is 11.2 Å². The third-order valence-corrected chi connectivity index (χ3v) is 7.11. The molecule has 1 aromatic carbocycles. The molecule has 0 spiro atoms. The molecule has 0 amide bonds. The molecule has 30 heavy (non-hydrogen) atoms. The van der Waals surface area contributed by atoms with Gasteiger partial charge in [0.25, 0.3) is 0 Å². The maximum absolute atomic E-state index is 12.0. The summed E-state index contributed by atoms with van der Waals surface area (Å²) in [5.74, 6) is 1.77. The zero-order valence-corrected chi connectivity index (χ0v) is 19.9. The van der Waals surface area contributed by atoms with Crippen LogP contribution in [0.25, 0.3) is 0 Å². The molecule has 2 N–H and O–H groups in total. The SMILES string of the molecule is CCNC(=NCCOc1cccc(C(C)(C)C)c1)NC1CCN(S(=O)(=O)CC)CC1. The summed E-state index contributed by atoms with van der Waals surface area (Å²) in [6, 6.07) is 8.42. The van der Waals surface area contributed by atoms with Gasteiger partial charge in [-0.1, -0.05) is 32.9 Å². The Bertz CT molecular complexity index is 795. The predicted octanol–water partition coefficient (Wildman–Crippen LogP) is 2.73. The van der Waals surface area contributed by atoms with Gasteiger partial charge in [-0.05, 0) is 49.8 Å². The summed E-state index contributed by atoms with van der Waals surface area (Å²) in [5, 5.41) is 6.70. The number of piperidine rings is 1. The maximum atomic E-state index is 12.0. The van der Waals surface area contributed by atoms with Crippen molar-refractivity contribution in [3.8, 4) is 5.75 Å². The molecule has 2 rings (SSSR count). The Kier molecular flexibility index (Phi) is 8.97. The normalized spacial score (nSPS) is 17.0. The molecule has 0 aliphatic carbocycles. The zero-order chi connectivity index (χ0) is 22.2. The van der Waals surface area contributed by atoms with Gasteiger partial charge in [0.15, 0.2) is 5.96 Å². The number of guanidine groups is 1. The largest absolute Gasteiger partial charge is 0.492 e. The topological polar surface area (TPSA) is 83.0 Å². The number of nitrogens with one attached hydrogen (secondary N) is 2. The van der Waals surface area contributed by atoms with Crippen LogP contribution in [0.2, 0.25) is 0 Å². The Hall–Kier alpha value is -1.80. The van der Waals surface area contributed by atoms with Crippen molar-refractivity contribution >= 4 is 16.0 Å². The first kappa shape index (κ1) is 24.5. The lowest BCUT2D eigenvalue weighted by Gasteiger charge is -2.32. The lowest BCUT2D eigenvalue weighted by Crippen LogP contribution is -2.50. The minimum atomic E-state index is -3.10. The van der Waals surface area contributed by atoms with E-state index < -0.39 is 10.0 Å². The number of hydrogen-bond acceptors (Lipinski definition) is 4. The van der Waals surface area contributed by atoms with Gasteiger partial charge < -0.3 is 15.4 Å². The highest BCUT2D eigenvalue weighted by Gasteiger charge is 2.27. The molecule has 1 fully saturated rings. The van der Waals surface area contributed by atoms with Gasteiger partial charge in [-0.25, -0.2) is 17.7 Å². The van der Waals surface area contributed by atoms with E-state index in [2.05, 4.69) is 48.5 Å². The highest BCUT2D eigenvalue weighted by molar-refractivity contribution is 7.89. The number of benzene rings is 1. The molecule has 0 atom stereocenters. The quantitative estimate of drug-likeness (QED) is 0.370. The molecule has 1 saturated heterocycles. The van der Waals surface area contributed by atoms with E-state index in [1.807, 2.05) is 19.1 Å². The van der Waals surface area contributed by atoms with Crippen LogP contribution in [-0.2, 0) is 15.4 Å². The smallest absolute Gasteiger partial charge is 0.213 e. The number of sulfonamides is 1. The summed E-state index contributed by atoms with van der Waals surface area (Å²) < 4.78 is 31.5. The lowest BCUT2D eigenvalue weighted by atomic mass is 9.87. The molecule has 8 heteroatoms. The number of hydrogen-bond donors (Lipinski definition) is 2. The molecule has 0 radical (unpaired) electrons. The Balaban J connectivity index is 1.84. The first-order chi connectivity index (χ1) is 14.2. The van der Waals surface area contributed by atoms with Crippen molar-refractivity contribution in [2.45, 2.75) is 58.9 Å². The van der Waals surface area contributed by atoms with Gasteiger partial charge in [0.2, 0.25) is 10.0 Å². The predicted molar refractivity (Wildman–Crippen MR) is 124 cm³/mol. The monoisotopic (exact) mass is 438 g/mol. The average molecular weight is 439 g/mol. The fraction of sp³-hybridized carbons (Fsp3) is 0.682. The van der Waals surface area contributed by atoms with Crippen LogP contribution < -0.4 is 15.4 Å². The molecule has 1 aromatic rings. The fourth-order valence-electron chi connectivity index (χ4n) is 3.35. The van der Waals surface area contributed by atoms with Crippen LogP contribution in [0.1, 0.15) is 53.0 Å². The van der Waals surface area contributed by atoms with E-state index in [-0.39, 0.29) is 17.2 Å². The standard InChI is InChI=1S/C22H38N4O3S/c1-6-23-21(25-19-11-14-26(15-12-19)30(27,28)7-2)24-13-16-29-20-10-8-9-18(17-20)22(3,4)5/h8-10,17,19H,6-7,11-16H2,1-5H3,(H2,23,24,25). The lowest BCUT2D eigenvalue weighted by molar-refractivity contribution is 0.305. The summed E-state index contributed by atoms with van der Waals surface area (Å²) in [6.45, 7) is 13.2. The average Bonchev–Trinajstić information content (AvgIpc) is 2.71. The van der Waals surface area contributed by atoms with Crippen molar-refractivity contribution in [1.82, 2.24) is 14.9 Å². The summed E-state index contributed by atoms with van der Waals surface area (Å²) in [6.07, 6.45) is 1.56. The van der Waals surface area contributed by atoms with Gasteiger partial charge in [-0.2, -0.15) is 0 Å². The highest BCUT2D eigenvalue weighted by Crippen LogP contribution is 2.25. The van der Waals surface area contributed by atoms with Crippen LogP contribution in [0.3, 0.4) is 0 Å². The van der Waals surface area contributed by atoms with E-state index in [1.165, 1.54) is 5.56 Å². The van der Waals surface area contributed by atoms with Gasteiger partial charge >= 0.3 is 0 Å². The summed E-state index contributed by atoms with van der Waals surface area (Å²) in [7, 11) is -3.10. The van der Waals surface area contributed by atoms with Crippen LogP contribution in [0, 0.1) is 0 Å².